The largest absolute Gasteiger partial charge is 0.490 e. The number of piperidine rings is 1. The molecule has 6 heteroatoms. The fourth-order valence-corrected chi connectivity index (χ4v) is 2.26. The van der Waals surface area contributed by atoms with Crippen molar-refractivity contribution in [2.24, 2.45) is 5.73 Å². The second-order valence-electron chi connectivity index (χ2n) is 4.46. The summed E-state index contributed by atoms with van der Waals surface area (Å²) in [5.74, 6) is 0.289. The van der Waals surface area contributed by atoms with Crippen LogP contribution in [0.3, 0.4) is 0 Å². The van der Waals surface area contributed by atoms with Gasteiger partial charge in [-0.25, -0.2) is 0 Å². The molecule has 18 heavy (non-hydrogen) atoms. The maximum atomic E-state index is 10.8. The molecule has 1 atom stereocenters. The van der Waals surface area contributed by atoms with Gasteiger partial charge in [-0.3, -0.25) is 10.1 Å². The Labute approximate surface area is 105 Å². The molecule has 1 fully saturated rings. The lowest BCUT2D eigenvalue weighted by atomic mass is 10.1. The van der Waals surface area contributed by atoms with Crippen LogP contribution < -0.4 is 15.4 Å². The number of methoxy groups -OCH3 is 1. The summed E-state index contributed by atoms with van der Waals surface area (Å²) in [6.45, 7) is 1.70. The van der Waals surface area contributed by atoms with Gasteiger partial charge in [0.2, 0.25) is 0 Å². The van der Waals surface area contributed by atoms with Gasteiger partial charge in [-0.2, -0.15) is 0 Å². The molecular formula is C12H17N3O3. The van der Waals surface area contributed by atoms with Gasteiger partial charge in [-0.1, -0.05) is 0 Å². The Hall–Kier alpha value is -1.82. The molecule has 0 spiro atoms. The maximum absolute atomic E-state index is 10.8. The van der Waals surface area contributed by atoms with Gasteiger partial charge in [0, 0.05) is 37.0 Å². The molecule has 0 saturated carbocycles. The highest BCUT2D eigenvalue weighted by molar-refractivity contribution is 5.59. The Kier molecular flexibility index (Phi) is 3.66. The highest BCUT2D eigenvalue weighted by Crippen LogP contribution is 2.32. The molecule has 1 saturated heterocycles. The highest BCUT2D eigenvalue weighted by Gasteiger charge is 2.20. The first-order valence-electron chi connectivity index (χ1n) is 5.95. The Morgan fingerprint density at radius 3 is 2.94 bits per heavy atom. The van der Waals surface area contributed by atoms with Crippen molar-refractivity contribution >= 4 is 11.4 Å². The molecule has 98 valence electrons. The summed E-state index contributed by atoms with van der Waals surface area (Å²) < 4.78 is 5.07. The van der Waals surface area contributed by atoms with E-state index in [2.05, 4.69) is 4.90 Å². The number of benzene rings is 1. The normalized spacial score (nSPS) is 19.7. The van der Waals surface area contributed by atoms with Crippen molar-refractivity contribution in [1.29, 1.82) is 0 Å². The second kappa shape index (κ2) is 5.22. The summed E-state index contributed by atoms with van der Waals surface area (Å²) >= 11 is 0. The van der Waals surface area contributed by atoms with Crippen LogP contribution >= 0.6 is 0 Å². The molecule has 0 bridgehead atoms. The predicted octanol–water partition coefficient (Wildman–Crippen LogP) is 1.53. The third-order valence-corrected chi connectivity index (χ3v) is 3.18. The van der Waals surface area contributed by atoms with Crippen molar-refractivity contribution in [2.45, 2.75) is 18.9 Å². The lowest BCUT2D eigenvalue weighted by Gasteiger charge is -2.32. The quantitative estimate of drug-likeness (QED) is 0.650. The number of rotatable bonds is 3. The van der Waals surface area contributed by atoms with Crippen molar-refractivity contribution in [3.63, 3.8) is 0 Å². The van der Waals surface area contributed by atoms with Gasteiger partial charge in [0.05, 0.1) is 12.0 Å². The molecule has 1 aromatic rings. The van der Waals surface area contributed by atoms with E-state index in [1.807, 2.05) is 0 Å². The van der Waals surface area contributed by atoms with Crippen LogP contribution in [0.25, 0.3) is 0 Å². The molecule has 1 unspecified atom stereocenters. The number of nitro benzene ring substituents is 1. The Morgan fingerprint density at radius 1 is 1.56 bits per heavy atom. The van der Waals surface area contributed by atoms with Crippen LogP contribution in [0.1, 0.15) is 12.8 Å². The third kappa shape index (κ3) is 2.53. The minimum atomic E-state index is -0.440. The van der Waals surface area contributed by atoms with Crippen LogP contribution in [0.15, 0.2) is 18.2 Å². The summed E-state index contributed by atoms with van der Waals surface area (Å²) in [5, 5.41) is 10.8. The molecule has 1 aromatic carbocycles. The van der Waals surface area contributed by atoms with E-state index in [1.165, 1.54) is 13.2 Å². The summed E-state index contributed by atoms with van der Waals surface area (Å²) in [4.78, 5) is 12.5. The van der Waals surface area contributed by atoms with E-state index in [-0.39, 0.29) is 17.5 Å². The molecular weight excluding hydrogens is 234 g/mol. The number of nitrogens with zero attached hydrogens (tertiary/aromatic N) is 2. The summed E-state index contributed by atoms with van der Waals surface area (Å²) in [7, 11) is 1.44. The first-order chi connectivity index (χ1) is 8.61. The standard InChI is InChI=1S/C12H17N3O3/c1-18-12-7-10(4-5-11(12)15(16)17)14-6-2-3-9(13)8-14/h4-5,7,9H,2-3,6,8,13H2,1H3. The van der Waals surface area contributed by atoms with Crippen molar-refractivity contribution < 1.29 is 9.66 Å². The molecule has 0 amide bonds. The molecule has 2 N–H and O–H groups in total. The maximum Gasteiger partial charge on any atom is 0.311 e. The fraction of sp³-hybridized carbons (Fsp3) is 0.500. The van der Waals surface area contributed by atoms with Crippen LogP contribution in [0, 0.1) is 10.1 Å². The van der Waals surface area contributed by atoms with Crippen molar-refractivity contribution in [3.8, 4) is 5.75 Å². The zero-order chi connectivity index (χ0) is 13.1. The molecule has 0 aromatic heterocycles. The molecule has 2 rings (SSSR count). The minimum Gasteiger partial charge on any atom is -0.490 e. The third-order valence-electron chi connectivity index (χ3n) is 3.18. The molecule has 1 heterocycles. The van der Waals surface area contributed by atoms with Crippen LogP contribution in [0.4, 0.5) is 11.4 Å². The van der Waals surface area contributed by atoms with E-state index >= 15 is 0 Å². The minimum absolute atomic E-state index is 0.0115. The number of ether oxygens (including phenoxy) is 1. The first-order valence-corrected chi connectivity index (χ1v) is 5.95. The molecule has 0 radical (unpaired) electrons. The lowest BCUT2D eigenvalue weighted by Crippen LogP contribution is -2.42. The van der Waals surface area contributed by atoms with Crippen LogP contribution in [-0.2, 0) is 0 Å². The van der Waals surface area contributed by atoms with Gasteiger partial charge in [0.25, 0.3) is 0 Å². The van der Waals surface area contributed by atoms with Crippen LogP contribution in [0.5, 0.6) is 5.75 Å². The first kappa shape index (κ1) is 12.6. The second-order valence-corrected chi connectivity index (χ2v) is 4.46. The zero-order valence-electron chi connectivity index (χ0n) is 10.3. The van der Waals surface area contributed by atoms with E-state index < -0.39 is 4.92 Å². The smallest absolute Gasteiger partial charge is 0.311 e. The number of anilines is 1. The number of hydrogen-bond donors (Lipinski definition) is 1. The van der Waals surface area contributed by atoms with Crippen molar-refractivity contribution in [1.82, 2.24) is 0 Å². The van der Waals surface area contributed by atoms with E-state index in [1.54, 1.807) is 12.1 Å². The van der Waals surface area contributed by atoms with Gasteiger partial charge < -0.3 is 15.4 Å². The van der Waals surface area contributed by atoms with Crippen molar-refractivity contribution in [3.05, 3.63) is 28.3 Å². The highest BCUT2D eigenvalue weighted by atomic mass is 16.6. The van der Waals surface area contributed by atoms with E-state index in [9.17, 15) is 10.1 Å². The number of nitrogens with two attached hydrogens (primary N) is 1. The monoisotopic (exact) mass is 251 g/mol. The average molecular weight is 251 g/mol. The van der Waals surface area contributed by atoms with Gasteiger partial charge in [0.1, 0.15) is 0 Å². The van der Waals surface area contributed by atoms with E-state index in [4.69, 9.17) is 10.5 Å². The van der Waals surface area contributed by atoms with Crippen LogP contribution in [0.2, 0.25) is 0 Å². The Balaban J connectivity index is 2.26. The number of hydrogen-bond acceptors (Lipinski definition) is 5. The summed E-state index contributed by atoms with van der Waals surface area (Å²) in [6, 6.07) is 5.10. The molecule has 0 aliphatic carbocycles. The SMILES string of the molecule is COc1cc(N2CCCC(N)C2)ccc1[N+](=O)[O-]. The van der Waals surface area contributed by atoms with Gasteiger partial charge in [0.15, 0.2) is 5.75 Å². The fourth-order valence-electron chi connectivity index (χ4n) is 2.26. The Bertz CT molecular complexity index is 450. The molecule has 6 nitrogen and oxygen atoms in total. The predicted molar refractivity (Wildman–Crippen MR) is 69.1 cm³/mol. The Morgan fingerprint density at radius 2 is 2.33 bits per heavy atom. The van der Waals surface area contributed by atoms with Gasteiger partial charge in [-0.15, -0.1) is 0 Å². The van der Waals surface area contributed by atoms with E-state index in [0.29, 0.717) is 0 Å². The van der Waals surface area contributed by atoms with Crippen molar-refractivity contribution in [2.75, 3.05) is 25.1 Å². The van der Waals surface area contributed by atoms with E-state index in [0.717, 1.165) is 31.6 Å². The topological polar surface area (TPSA) is 81.6 Å². The molecule has 1 aliphatic rings. The van der Waals surface area contributed by atoms with Gasteiger partial charge >= 0.3 is 5.69 Å². The van der Waals surface area contributed by atoms with Crippen LogP contribution in [-0.4, -0.2) is 31.2 Å². The number of nitro groups is 1. The molecule has 1 aliphatic heterocycles. The summed E-state index contributed by atoms with van der Waals surface area (Å²) in [6.07, 6.45) is 2.07. The zero-order valence-corrected chi connectivity index (χ0v) is 10.3. The lowest BCUT2D eigenvalue weighted by molar-refractivity contribution is -0.385. The average Bonchev–Trinajstić information content (AvgIpc) is 2.37. The summed E-state index contributed by atoms with van der Waals surface area (Å²) in [5.41, 5.74) is 6.84. The van der Waals surface area contributed by atoms with Gasteiger partial charge in [-0.05, 0) is 18.9 Å².